The van der Waals surface area contributed by atoms with Crippen molar-refractivity contribution in [1.82, 2.24) is 4.57 Å². The monoisotopic (exact) mass is 620 g/mol. The van der Waals surface area contributed by atoms with E-state index in [2.05, 4.69) is 173 Å². The van der Waals surface area contributed by atoms with Crippen LogP contribution in [0.15, 0.2) is 176 Å². The molecule has 9 aromatic rings. The molecule has 2 nitrogen and oxygen atoms in total. The van der Waals surface area contributed by atoms with Gasteiger partial charge in [-0.25, -0.2) is 0 Å². The molecule has 0 bridgehead atoms. The van der Waals surface area contributed by atoms with Crippen molar-refractivity contribution < 1.29 is 0 Å². The van der Waals surface area contributed by atoms with Crippen LogP contribution in [0.2, 0.25) is 5.02 Å². The molecule has 0 aliphatic rings. The fourth-order valence-corrected chi connectivity index (χ4v) is 7.42. The first-order valence-electron chi connectivity index (χ1n) is 15.9. The predicted octanol–water partition coefficient (Wildman–Crippen LogP) is 12.9. The highest BCUT2D eigenvalue weighted by Gasteiger charge is 2.20. The first-order chi connectivity index (χ1) is 23.2. The SMILES string of the molecule is Clc1cc(-c2cc3c(c4ccccc24)c2ccccc2n3-c2cccc3ccccc23)cc(N(c2ccccc2)c2ccccc2)c1. The minimum atomic E-state index is 0.688. The van der Waals surface area contributed by atoms with Gasteiger partial charge in [-0.05, 0) is 87.9 Å². The third-order valence-corrected chi connectivity index (χ3v) is 9.39. The van der Waals surface area contributed by atoms with Crippen molar-refractivity contribution in [3.05, 3.63) is 181 Å². The number of anilines is 3. The molecule has 0 saturated heterocycles. The summed E-state index contributed by atoms with van der Waals surface area (Å²) < 4.78 is 2.44. The second-order valence-corrected chi connectivity index (χ2v) is 12.4. The number of halogens is 1. The zero-order valence-electron chi connectivity index (χ0n) is 25.5. The summed E-state index contributed by atoms with van der Waals surface area (Å²) in [6.07, 6.45) is 0. The predicted molar refractivity (Wildman–Crippen MR) is 201 cm³/mol. The molecule has 0 spiro atoms. The first-order valence-corrected chi connectivity index (χ1v) is 16.3. The average Bonchev–Trinajstić information content (AvgIpc) is 3.46. The van der Waals surface area contributed by atoms with Crippen LogP contribution in [-0.4, -0.2) is 4.57 Å². The minimum absolute atomic E-state index is 0.688. The molecule has 1 heterocycles. The Bertz CT molecular complexity index is 2540. The van der Waals surface area contributed by atoms with E-state index in [1.807, 2.05) is 12.1 Å². The van der Waals surface area contributed by atoms with Gasteiger partial charge in [0.25, 0.3) is 0 Å². The summed E-state index contributed by atoms with van der Waals surface area (Å²) >= 11 is 7.01. The Balaban J connectivity index is 1.36. The lowest BCUT2D eigenvalue weighted by atomic mass is 9.94. The summed E-state index contributed by atoms with van der Waals surface area (Å²) in [5.41, 5.74) is 8.88. The number of hydrogen-bond donors (Lipinski definition) is 0. The van der Waals surface area contributed by atoms with Gasteiger partial charge in [-0.2, -0.15) is 0 Å². The molecule has 0 aliphatic heterocycles. The summed E-state index contributed by atoms with van der Waals surface area (Å²) in [4.78, 5) is 2.27. The molecule has 0 amide bonds. The molecule has 0 atom stereocenters. The second-order valence-electron chi connectivity index (χ2n) is 11.9. The minimum Gasteiger partial charge on any atom is -0.310 e. The molecule has 3 heteroatoms. The topological polar surface area (TPSA) is 8.17 Å². The van der Waals surface area contributed by atoms with Gasteiger partial charge >= 0.3 is 0 Å². The zero-order valence-corrected chi connectivity index (χ0v) is 26.3. The largest absolute Gasteiger partial charge is 0.310 e. The van der Waals surface area contributed by atoms with Crippen molar-refractivity contribution in [2.24, 2.45) is 0 Å². The van der Waals surface area contributed by atoms with Crippen LogP contribution in [0.25, 0.3) is 60.2 Å². The van der Waals surface area contributed by atoms with Gasteiger partial charge in [0.15, 0.2) is 0 Å². The Morgan fingerprint density at radius 1 is 0.426 bits per heavy atom. The number of rotatable bonds is 5. The number of hydrogen-bond acceptors (Lipinski definition) is 1. The Hall–Kier alpha value is -5.83. The number of para-hydroxylation sites is 3. The van der Waals surface area contributed by atoms with Crippen LogP contribution < -0.4 is 4.90 Å². The van der Waals surface area contributed by atoms with E-state index in [0.717, 1.165) is 28.2 Å². The van der Waals surface area contributed by atoms with E-state index in [-0.39, 0.29) is 0 Å². The molecule has 0 saturated carbocycles. The van der Waals surface area contributed by atoms with Crippen molar-refractivity contribution >= 4 is 72.0 Å². The van der Waals surface area contributed by atoms with Crippen LogP contribution in [0.4, 0.5) is 17.1 Å². The Kier molecular flexibility index (Phi) is 6.55. The van der Waals surface area contributed by atoms with Gasteiger partial charge in [-0.15, -0.1) is 0 Å². The molecule has 47 heavy (non-hydrogen) atoms. The normalized spacial score (nSPS) is 11.5. The van der Waals surface area contributed by atoms with E-state index in [1.54, 1.807) is 0 Å². The maximum Gasteiger partial charge on any atom is 0.0553 e. The molecule has 0 radical (unpaired) electrons. The van der Waals surface area contributed by atoms with Crippen molar-refractivity contribution in [1.29, 1.82) is 0 Å². The maximum atomic E-state index is 7.01. The third kappa shape index (κ3) is 4.57. The second kappa shape index (κ2) is 11.2. The summed E-state index contributed by atoms with van der Waals surface area (Å²) in [6.45, 7) is 0. The van der Waals surface area contributed by atoms with E-state index < -0.39 is 0 Å². The van der Waals surface area contributed by atoms with Gasteiger partial charge in [0.1, 0.15) is 0 Å². The molecule has 0 N–H and O–H groups in total. The van der Waals surface area contributed by atoms with E-state index in [1.165, 1.54) is 49.0 Å². The molecule has 0 unspecified atom stereocenters. The molecule has 9 rings (SSSR count). The molecular formula is C44H29ClN2. The van der Waals surface area contributed by atoms with Crippen molar-refractivity contribution in [2.45, 2.75) is 0 Å². The highest BCUT2D eigenvalue weighted by atomic mass is 35.5. The Morgan fingerprint density at radius 3 is 1.77 bits per heavy atom. The molecular weight excluding hydrogens is 592 g/mol. The lowest BCUT2D eigenvalue weighted by molar-refractivity contribution is 1.20. The Labute approximate surface area is 278 Å². The molecule has 0 fully saturated rings. The van der Waals surface area contributed by atoms with Crippen molar-refractivity contribution in [3.8, 4) is 16.8 Å². The summed E-state index contributed by atoms with van der Waals surface area (Å²) in [6, 6.07) is 62.5. The fourth-order valence-electron chi connectivity index (χ4n) is 7.19. The maximum absolute atomic E-state index is 7.01. The molecule has 1 aromatic heterocycles. The fraction of sp³-hybridized carbons (Fsp3) is 0. The summed E-state index contributed by atoms with van der Waals surface area (Å²) in [5.74, 6) is 0. The van der Waals surface area contributed by atoms with Gasteiger partial charge in [0, 0.05) is 38.2 Å². The van der Waals surface area contributed by atoms with E-state index in [4.69, 9.17) is 11.6 Å². The third-order valence-electron chi connectivity index (χ3n) is 9.17. The van der Waals surface area contributed by atoms with E-state index in [9.17, 15) is 0 Å². The lowest BCUT2D eigenvalue weighted by Gasteiger charge is -2.26. The standard InChI is InChI=1S/C44H29ClN2/c45-32-26-31(27-35(28-32)46(33-16-3-1-4-17-33)34-18-5-2-6-19-34)40-29-43-44(38-22-10-9-21-37(38)40)39-23-11-12-24-42(39)47(43)41-25-13-15-30-14-7-8-20-36(30)41/h1-29H. The van der Waals surface area contributed by atoms with E-state index >= 15 is 0 Å². The lowest BCUT2D eigenvalue weighted by Crippen LogP contribution is -2.09. The highest BCUT2D eigenvalue weighted by molar-refractivity contribution is 6.31. The van der Waals surface area contributed by atoms with Crippen LogP contribution in [0, 0.1) is 0 Å². The number of aromatic nitrogens is 1. The summed E-state index contributed by atoms with van der Waals surface area (Å²) in [5, 5.41) is 8.04. The average molecular weight is 621 g/mol. The van der Waals surface area contributed by atoms with Gasteiger partial charge < -0.3 is 9.47 Å². The Morgan fingerprint density at radius 2 is 1.02 bits per heavy atom. The van der Waals surface area contributed by atoms with Crippen LogP contribution in [0.5, 0.6) is 0 Å². The van der Waals surface area contributed by atoms with Crippen LogP contribution in [0.3, 0.4) is 0 Å². The van der Waals surface area contributed by atoms with Gasteiger partial charge in [0.05, 0.1) is 16.7 Å². The summed E-state index contributed by atoms with van der Waals surface area (Å²) in [7, 11) is 0. The first kappa shape index (κ1) is 27.5. The number of benzene rings is 8. The smallest absolute Gasteiger partial charge is 0.0553 e. The van der Waals surface area contributed by atoms with E-state index in [0.29, 0.717) is 5.02 Å². The van der Waals surface area contributed by atoms with Gasteiger partial charge in [-0.1, -0.05) is 127 Å². The number of nitrogens with zero attached hydrogens (tertiary/aromatic N) is 2. The van der Waals surface area contributed by atoms with Crippen LogP contribution >= 0.6 is 11.6 Å². The quantitative estimate of drug-likeness (QED) is 0.186. The van der Waals surface area contributed by atoms with Gasteiger partial charge in [0.2, 0.25) is 0 Å². The van der Waals surface area contributed by atoms with Crippen LogP contribution in [0.1, 0.15) is 0 Å². The molecule has 0 aliphatic carbocycles. The molecule has 8 aromatic carbocycles. The van der Waals surface area contributed by atoms with Crippen molar-refractivity contribution in [2.75, 3.05) is 4.90 Å². The number of fused-ring (bicyclic) bond motifs is 6. The van der Waals surface area contributed by atoms with Crippen molar-refractivity contribution in [3.63, 3.8) is 0 Å². The van der Waals surface area contributed by atoms with Crippen LogP contribution in [-0.2, 0) is 0 Å². The zero-order chi connectivity index (χ0) is 31.3. The molecule has 222 valence electrons. The van der Waals surface area contributed by atoms with Gasteiger partial charge in [-0.3, -0.25) is 0 Å². The highest BCUT2D eigenvalue weighted by Crippen LogP contribution is 2.44.